The Bertz CT molecular complexity index is 917. The summed E-state index contributed by atoms with van der Waals surface area (Å²) >= 11 is 0. The lowest BCUT2D eigenvalue weighted by atomic mass is 9.34. The van der Waals surface area contributed by atoms with Crippen molar-refractivity contribution in [3.63, 3.8) is 0 Å². The van der Waals surface area contributed by atoms with Gasteiger partial charge in [-0.2, -0.15) is 0 Å². The molecule has 0 heterocycles. The summed E-state index contributed by atoms with van der Waals surface area (Å²) in [6.45, 7) is 0.892. The zero-order valence-electron chi connectivity index (χ0n) is 16.3. The van der Waals surface area contributed by atoms with Crippen LogP contribution < -0.4 is 5.32 Å². The molecule has 0 aromatic heterocycles. The molecular formula is C24H25NO4. The molecule has 3 fully saturated rings. The molecule has 2 aromatic rings. The van der Waals surface area contributed by atoms with E-state index in [0.29, 0.717) is 13.2 Å². The van der Waals surface area contributed by atoms with Gasteiger partial charge in [-0.05, 0) is 59.8 Å². The van der Waals surface area contributed by atoms with Crippen molar-refractivity contribution in [1.29, 1.82) is 0 Å². The van der Waals surface area contributed by atoms with Crippen LogP contribution in [0.25, 0.3) is 11.1 Å². The Balaban J connectivity index is 1.09. The maximum Gasteiger partial charge on any atom is 0.407 e. The van der Waals surface area contributed by atoms with Gasteiger partial charge in [-0.1, -0.05) is 48.5 Å². The van der Waals surface area contributed by atoms with Crippen LogP contribution in [-0.4, -0.2) is 30.3 Å². The maximum absolute atomic E-state index is 12.2. The Labute approximate surface area is 170 Å². The molecule has 29 heavy (non-hydrogen) atoms. The zero-order chi connectivity index (χ0) is 20.1. The summed E-state index contributed by atoms with van der Waals surface area (Å²) in [5.41, 5.74) is 4.65. The van der Waals surface area contributed by atoms with Gasteiger partial charge >= 0.3 is 12.1 Å². The third-order valence-electron chi connectivity index (χ3n) is 7.09. The Morgan fingerprint density at radius 2 is 1.59 bits per heavy atom. The van der Waals surface area contributed by atoms with E-state index < -0.39 is 11.4 Å². The molecule has 4 aliphatic carbocycles. The van der Waals surface area contributed by atoms with Gasteiger partial charge in [0.1, 0.15) is 6.61 Å². The lowest BCUT2D eigenvalue weighted by molar-refractivity contribution is -0.225. The predicted molar refractivity (Wildman–Crippen MR) is 109 cm³/mol. The fourth-order valence-corrected chi connectivity index (χ4v) is 5.79. The average Bonchev–Trinajstić information content (AvgIpc) is 2.97. The van der Waals surface area contributed by atoms with Gasteiger partial charge in [0.05, 0.1) is 5.41 Å². The van der Waals surface area contributed by atoms with Crippen LogP contribution in [0.4, 0.5) is 4.79 Å². The van der Waals surface area contributed by atoms with E-state index in [-0.39, 0.29) is 17.4 Å². The summed E-state index contributed by atoms with van der Waals surface area (Å²) in [6.07, 6.45) is 3.87. The van der Waals surface area contributed by atoms with Crippen LogP contribution in [0.5, 0.6) is 0 Å². The lowest BCUT2D eigenvalue weighted by Gasteiger charge is -2.68. The molecule has 1 amide bonds. The first-order valence-electron chi connectivity index (χ1n) is 10.3. The van der Waals surface area contributed by atoms with Gasteiger partial charge in [-0.15, -0.1) is 0 Å². The van der Waals surface area contributed by atoms with E-state index in [9.17, 15) is 14.7 Å². The van der Waals surface area contributed by atoms with Gasteiger partial charge in [-0.3, -0.25) is 4.79 Å². The van der Waals surface area contributed by atoms with Gasteiger partial charge in [0, 0.05) is 12.5 Å². The second-order valence-electron chi connectivity index (χ2n) is 8.97. The highest BCUT2D eigenvalue weighted by atomic mass is 16.5. The highest BCUT2D eigenvalue weighted by Gasteiger charge is 2.71. The van der Waals surface area contributed by atoms with E-state index in [0.717, 1.165) is 32.1 Å². The van der Waals surface area contributed by atoms with Crippen LogP contribution in [0.2, 0.25) is 0 Å². The molecule has 2 aromatic carbocycles. The molecule has 0 aliphatic heterocycles. The molecule has 2 N–H and O–H groups in total. The summed E-state index contributed by atoms with van der Waals surface area (Å²) in [4.78, 5) is 23.3. The van der Waals surface area contributed by atoms with Crippen molar-refractivity contribution in [3.8, 4) is 11.1 Å². The Kier molecular flexibility index (Phi) is 4.16. The molecule has 150 valence electrons. The number of carbonyl (C=O) groups excluding carboxylic acids is 1. The molecular weight excluding hydrogens is 366 g/mol. The number of hydrogen-bond donors (Lipinski definition) is 2. The van der Waals surface area contributed by atoms with E-state index >= 15 is 0 Å². The molecule has 2 bridgehead atoms. The van der Waals surface area contributed by atoms with E-state index in [4.69, 9.17) is 4.74 Å². The first-order chi connectivity index (χ1) is 14.0. The largest absolute Gasteiger partial charge is 0.481 e. The van der Waals surface area contributed by atoms with Gasteiger partial charge in [0.2, 0.25) is 0 Å². The van der Waals surface area contributed by atoms with E-state index in [2.05, 4.69) is 29.6 Å². The summed E-state index contributed by atoms with van der Waals surface area (Å²) in [7, 11) is 0. The summed E-state index contributed by atoms with van der Waals surface area (Å²) in [6, 6.07) is 16.6. The normalized spacial score (nSPS) is 25.9. The number of fused-ring (bicyclic) bond motifs is 3. The Hall–Kier alpha value is -2.82. The minimum absolute atomic E-state index is 0.0705. The van der Waals surface area contributed by atoms with E-state index in [1.165, 1.54) is 22.3 Å². The number of aliphatic carboxylic acids is 1. The van der Waals surface area contributed by atoms with Gasteiger partial charge in [0.15, 0.2) is 0 Å². The highest BCUT2D eigenvalue weighted by molar-refractivity contribution is 5.80. The zero-order valence-corrected chi connectivity index (χ0v) is 16.3. The average molecular weight is 391 g/mol. The molecule has 0 spiro atoms. The van der Waals surface area contributed by atoms with Crippen molar-refractivity contribution in [2.45, 2.75) is 38.0 Å². The first-order valence-corrected chi connectivity index (χ1v) is 10.3. The van der Waals surface area contributed by atoms with Crippen molar-refractivity contribution in [1.82, 2.24) is 5.32 Å². The molecule has 6 rings (SSSR count). The SMILES string of the molecule is O=C(NCCCC12CC(C(=O)O)(C1)C2)OCC1c2ccccc2-c2ccccc21. The molecule has 0 atom stereocenters. The molecule has 0 unspecified atom stereocenters. The standard InChI is InChI=1S/C24H25NO4/c26-21(27)24-13-23(14-24,15-24)10-5-11-25-22(28)29-12-20-18-8-3-1-6-16(18)17-7-2-4-9-19(17)20/h1-4,6-9,20H,5,10-15H2,(H,25,28)(H,26,27). The lowest BCUT2D eigenvalue weighted by Crippen LogP contribution is -2.65. The van der Waals surface area contributed by atoms with Crippen molar-refractivity contribution < 1.29 is 19.4 Å². The number of hydrogen-bond acceptors (Lipinski definition) is 3. The van der Waals surface area contributed by atoms with Crippen molar-refractivity contribution >= 4 is 12.1 Å². The van der Waals surface area contributed by atoms with Crippen LogP contribution in [0, 0.1) is 10.8 Å². The fourth-order valence-electron chi connectivity index (χ4n) is 5.79. The minimum atomic E-state index is -0.642. The third kappa shape index (κ3) is 2.91. The third-order valence-corrected chi connectivity index (χ3v) is 7.09. The van der Waals surface area contributed by atoms with Crippen molar-refractivity contribution in [2.75, 3.05) is 13.2 Å². The molecule has 5 heteroatoms. The summed E-state index contributed by atoms with van der Waals surface area (Å²) in [5, 5.41) is 12.0. The van der Waals surface area contributed by atoms with E-state index in [1.54, 1.807) is 0 Å². The van der Waals surface area contributed by atoms with Crippen molar-refractivity contribution in [3.05, 3.63) is 59.7 Å². The maximum atomic E-state index is 12.2. The Morgan fingerprint density at radius 1 is 1.00 bits per heavy atom. The number of carbonyl (C=O) groups is 2. The fraction of sp³-hybridized carbons (Fsp3) is 0.417. The molecule has 0 saturated heterocycles. The number of amides is 1. The quantitative estimate of drug-likeness (QED) is 0.679. The monoisotopic (exact) mass is 391 g/mol. The number of ether oxygens (including phenoxy) is 1. The van der Waals surface area contributed by atoms with Crippen LogP contribution in [0.1, 0.15) is 49.1 Å². The second kappa shape index (κ2) is 6.61. The molecule has 4 aliphatic rings. The van der Waals surface area contributed by atoms with Gasteiger partial charge in [-0.25, -0.2) is 4.79 Å². The van der Waals surface area contributed by atoms with E-state index in [1.807, 2.05) is 24.3 Å². The number of benzene rings is 2. The van der Waals surface area contributed by atoms with Gasteiger partial charge in [0.25, 0.3) is 0 Å². The van der Waals surface area contributed by atoms with Crippen LogP contribution in [0.15, 0.2) is 48.5 Å². The van der Waals surface area contributed by atoms with Gasteiger partial charge < -0.3 is 15.2 Å². The minimum Gasteiger partial charge on any atom is -0.481 e. The summed E-state index contributed by atoms with van der Waals surface area (Å²) in [5.74, 6) is -0.572. The number of carboxylic acid groups (broad SMARTS) is 1. The number of rotatable bonds is 7. The van der Waals surface area contributed by atoms with Crippen LogP contribution >= 0.6 is 0 Å². The summed E-state index contributed by atoms with van der Waals surface area (Å²) < 4.78 is 5.54. The topological polar surface area (TPSA) is 75.6 Å². The predicted octanol–water partition coefficient (Wildman–Crippen LogP) is 4.56. The second-order valence-corrected chi connectivity index (χ2v) is 8.97. The number of carboxylic acids is 1. The molecule has 3 saturated carbocycles. The van der Waals surface area contributed by atoms with Crippen molar-refractivity contribution in [2.24, 2.45) is 10.8 Å². The highest BCUT2D eigenvalue weighted by Crippen LogP contribution is 2.75. The first kappa shape index (κ1) is 18.2. The van der Waals surface area contributed by atoms with Crippen LogP contribution in [0.3, 0.4) is 0 Å². The Morgan fingerprint density at radius 3 is 2.17 bits per heavy atom. The smallest absolute Gasteiger partial charge is 0.407 e. The molecule has 5 nitrogen and oxygen atoms in total. The number of alkyl carbamates (subject to hydrolysis) is 1. The molecule has 0 radical (unpaired) electrons. The number of nitrogens with one attached hydrogen (secondary N) is 1. The van der Waals surface area contributed by atoms with Crippen LogP contribution in [-0.2, 0) is 9.53 Å².